The molecule has 2 atom stereocenters. The van der Waals surface area contributed by atoms with Gasteiger partial charge in [-0.1, -0.05) is 39.8 Å². The molecule has 1 fully saturated rings. The van der Waals surface area contributed by atoms with Crippen molar-refractivity contribution in [2.24, 2.45) is 0 Å². The number of hydrogen-bond donors (Lipinski definition) is 2. The maximum absolute atomic E-state index is 13.9. The van der Waals surface area contributed by atoms with Crippen LogP contribution in [0.3, 0.4) is 0 Å². The van der Waals surface area contributed by atoms with Crippen molar-refractivity contribution in [3.63, 3.8) is 0 Å². The number of likely N-dealkylation sites (tertiary alicyclic amines) is 1. The molecule has 6 nitrogen and oxygen atoms in total. The Balaban J connectivity index is 1.91. The Kier molecular flexibility index (Phi) is 9.01. The van der Waals surface area contributed by atoms with Crippen LogP contribution in [0.25, 0.3) is 0 Å². The zero-order chi connectivity index (χ0) is 20.5. The molecule has 0 aromatic heterocycles. The molecule has 0 saturated carbocycles. The van der Waals surface area contributed by atoms with Crippen LogP contribution in [-0.4, -0.2) is 58.3 Å². The summed E-state index contributed by atoms with van der Waals surface area (Å²) in [6.45, 7) is 3.05. The van der Waals surface area contributed by atoms with E-state index >= 15 is 0 Å². The largest absolute Gasteiger partial charge is 0.480 e. The van der Waals surface area contributed by atoms with Crippen LogP contribution in [0.4, 0.5) is 4.39 Å². The molecule has 0 radical (unpaired) electrons. The first-order valence-corrected chi connectivity index (χ1v) is 11.2. The highest BCUT2D eigenvalue weighted by Crippen LogP contribution is 2.36. The fraction of sp³-hybridized carbons (Fsp3) is 0.421. The fourth-order valence-corrected chi connectivity index (χ4v) is 5.77. The van der Waals surface area contributed by atoms with E-state index in [9.17, 15) is 18.8 Å². The Hall–Kier alpha value is -1.84. The van der Waals surface area contributed by atoms with Gasteiger partial charge in [-0.2, -0.15) is 0 Å². The molecule has 1 aliphatic rings. The summed E-state index contributed by atoms with van der Waals surface area (Å²) in [5, 5.41) is 11.6. The highest BCUT2D eigenvalue weighted by Gasteiger charge is 2.26. The first-order valence-electron chi connectivity index (χ1n) is 8.79. The van der Waals surface area contributed by atoms with E-state index in [1.54, 1.807) is 18.2 Å². The number of carboxylic acids is 1. The quantitative estimate of drug-likeness (QED) is 0.356. The van der Waals surface area contributed by atoms with Gasteiger partial charge in [0.05, 0.1) is 0 Å². The summed E-state index contributed by atoms with van der Waals surface area (Å²) in [6, 6.07) is 5.69. The molecule has 2 N–H and O–H groups in total. The van der Waals surface area contributed by atoms with Crippen LogP contribution in [0.2, 0.25) is 0 Å². The summed E-state index contributed by atoms with van der Waals surface area (Å²) in [4.78, 5) is 35.4. The molecule has 1 aromatic carbocycles. The smallest absolute Gasteiger partial charge is 0.327 e. The molecule has 0 bridgehead atoms. The van der Waals surface area contributed by atoms with E-state index in [0.29, 0.717) is 18.7 Å². The van der Waals surface area contributed by atoms with Crippen molar-refractivity contribution in [3.8, 4) is 0 Å². The molecule has 2 rings (SSSR count). The molecule has 1 aromatic rings. The molecule has 2 unspecified atom stereocenters. The predicted octanol–water partition coefficient (Wildman–Crippen LogP) is 2.50. The zero-order valence-corrected chi connectivity index (χ0v) is 17.1. The lowest BCUT2D eigenvalue weighted by molar-refractivity contribution is -0.140. The van der Waals surface area contributed by atoms with Gasteiger partial charge in [-0.15, -0.1) is 0 Å². The standard InChI is InChI=1S/C19H23FN2O4S2/c1-13(24)21-17(19(25)26)12-27-28-18-6-8-22(11-15(18)7-9-23)10-14-4-2-3-5-16(14)20/h2-5,7,9,17-18H,6,8,10-12H2,1H3,(H,21,24)(H,25,26)/b15-7-. The van der Waals surface area contributed by atoms with Gasteiger partial charge in [-0.05, 0) is 24.1 Å². The molecule has 0 aliphatic carbocycles. The van der Waals surface area contributed by atoms with Gasteiger partial charge in [-0.25, -0.2) is 9.18 Å². The van der Waals surface area contributed by atoms with Crippen molar-refractivity contribution in [1.29, 1.82) is 0 Å². The van der Waals surface area contributed by atoms with E-state index in [1.165, 1.54) is 40.7 Å². The van der Waals surface area contributed by atoms with E-state index in [0.717, 1.165) is 24.8 Å². The molecule has 1 amide bonds. The molecular formula is C19H23FN2O4S2. The Bertz CT molecular complexity index is 744. The topological polar surface area (TPSA) is 86.7 Å². The van der Waals surface area contributed by atoms with Crippen LogP contribution in [0.5, 0.6) is 0 Å². The van der Waals surface area contributed by atoms with Gasteiger partial charge in [0.25, 0.3) is 0 Å². The second kappa shape index (κ2) is 11.2. The lowest BCUT2D eigenvalue weighted by Gasteiger charge is -2.33. The van der Waals surface area contributed by atoms with Crippen LogP contribution >= 0.6 is 21.6 Å². The van der Waals surface area contributed by atoms with Crippen molar-refractivity contribution in [3.05, 3.63) is 47.3 Å². The molecule has 0 spiro atoms. The number of rotatable bonds is 9. The highest BCUT2D eigenvalue weighted by molar-refractivity contribution is 8.77. The number of hydrogen-bond acceptors (Lipinski definition) is 6. The molecule has 1 saturated heterocycles. The number of aliphatic carboxylic acids is 1. The molecule has 28 heavy (non-hydrogen) atoms. The van der Waals surface area contributed by atoms with Crippen LogP contribution in [0, 0.1) is 5.82 Å². The first-order chi connectivity index (χ1) is 13.4. The van der Waals surface area contributed by atoms with Gasteiger partial charge in [0.2, 0.25) is 5.91 Å². The third-order valence-electron chi connectivity index (χ3n) is 4.26. The summed E-state index contributed by atoms with van der Waals surface area (Å²) < 4.78 is 13.9. The van der Waals surface area contributed by atoms with Gasteiger partial charge in [-0.3, -0.25) is 14.5 Å². The molecule has 1 heterocycles. The Morgan fingerprint density at radius 3 is 2.82 bits per heavy atom. The normalized spacial score (nSPS) is 19.9. The Labute approximate surface area is 171 Å². The van der Waals surface area contributed by atoms with Gasteiger partial charge >= 0.3 is 5.97 Å². The van der Waals surface area contributed by atoms with E-state index in [2.05, 4.69) is 10.2 Å². The van der Waals surface area contributed by atoms with Crippen LogP contribution < -0.4 is 5.32 Å². The number of piperidine rings is 1. The number of nitrogens with zero attached hydrogens (tertiary/aromatic N) is 1. The number of carbonyl (C=O) groups excluding carboxylic acids is 2. The van der Waals surface area contributed by atoms with E-state index in [-0.39, 0.29) is 22.7 Å². The molecule has 152 valence electrons. The number of allylic oxidation sites excluding steroid dienone is 1. The van der Waals surface area contributed by atoms with Crippen LogP contribution in [0.15, 0.2) is 35.9 Å². The fourth-order valence-electron chi connectivity index (χ4n) is 2.89. The number of benzene rings is 1. The number of aldehydes is 1. The lowest BCUT2D eigenvalue weighted by Crippen LogP contribution is -2.41. The second-order valence-corrected chi connectivity index (χ2v) is 9.04. The maximum atomic E-state index is 13.9. The summed E-state index contributed by atoms with van der Waals surface area (Å²) in [7, 11) is 2.87. The number of amides is 1. The Morgan fingerprint density at radius 1 is 1.43 bits per heavy atom. The third kappa shape index (κ3) is 6.96. The third-order valence-corrected chi connectivity index (χ3v) is 7.15. The molecule has 1 aliphatic heterocycles. The van der Waals surface area contributed by atoms with E-state index < -0.39 is 12.0 Å². The zero-order valence-electron chi connectivity index (χ0n) is 15.5. The number of carboxylic acid groups (broad SMARTS) is 1. The lowest BCUT2D eigenvalue weighted by atomic mass is 10.0. The van der Waals surface area contributed by atoms with E-state index in [1.807, 2.05) is 0 Å². The summed E-state index contributed by atoms with van der Waals surface area (Å²) in [5.41, 5.74) is 1.55. The van der Waals surface area contributed by atoms with Crippen LogP contribution in [0.1, 0.15) is 18.9 Å². The van der Waals surface area contributed by atoms with Gasteiger partial charge in [0, 0.05) is 43.1 Å². The van der Waals surface area contributed by atoms with Crippen molar-refractivity contribution in [1.82, 2.24) is 10.2 Å². The monoisotopic (exact) mass is 426 g/mol. The predicted molar refractivity (Wildman–Crippen MR) is 110 cm³/mol. The minimum absolute atomic E-state index is 0.0684. The van der Waals surface area contributed by atoms with E-state index in [4.69, 9.17) is 5.11 Å². The van der Waals surface area contributed by atoms with Crippen LogP contribution in [-0.2, 0) is 20.9 Å². The molecular weight excluding hydrogens is 403 g/mol. The SMILES string of the molecule is CC(=O)NC(CSSC1CCN(Cc2ccccc2F)C/C1=C/C=O)C(=O)O. The van der Waals surface area contributed by atoms with Crippen molar-refractivity contribution in [2.75, 3.05) is 18.8 Å². The van der Waals surface area contributed by atoms with Crippen molar-refractivity contribution >= 4 is 39.8 Å². The molecule has 9 heteroatoms. The summed E-state index contributed by atoms with van der Waals surface area (Å²) >= 11 is 0. The summed E-state index contributed by atoms with van der Waals surface area (Å²) in [5.74, 6) is -1.48. The minimum atomic E-state index is -1.08. The van der Waals surface area contributed by atoms with Gasteiger partial charge in [0.15, 0.2) is 0 Å². The average Bonchev–Trinajstić information content (AvgIpc) is 2.64. The first kappa shape index (κ1) is 22.4. The summed E-state index contributed by atoms with van der Waals surface area (Å²) in [6.07, 6.45) is 3.05. The van der Waals surface area contributed by atoms with Gasteiger partial charge in [0.1, 0.15) is 18.1 Å². The van der Waals surface area contributed by atoms with Crippen molar-refractivity contribution < 1.29 is 23.9 Å². The number of halogens is 1. The highest BCUT2D eigenvalue weighted by atomic mass is 33.1. The average molecular weight is 427 g/mol. The minimum Gasteiger partial charge on any atom is -0.480 e. The number of nitrogens with one attached hydrogen (secondary N) is 1. The number of carbonyl (C=O) groups is 3. The second-order valence-electron chi connectivity index (χ2n) is 6.43. The Morgan fingerprint density at radius 2 is 2.18 bits per heavy atom. The van der Waals surface area contributed by atoms with Gasteiger partial charge < -0.3 is 10.4 Å². The van der Waals surface area contributed by atoms with Crippen molar-refractivity contribution in [2.45, 2.75) is 31.2 Å². The maximum Gasteiger partial charge on any atom is 0.327 e.